The van der Waals surface area contributed by atoms with Crippen LogP contribution in [0.25, 0.3) is 0 Å². The summed E-state index contributed by atoms with van der Waals surface area (Å²) in [5.41, 5.74) is 0.855. The number of aliphatic hydroxyl groups is 1. The molecule has 1 aromatic rings. The fourth-order valence-electron chi connectivity index (χ4n) is 3.79. The van der Waals surface area contributed by atoms with Crippen molar-refractivity contribution in [1.29, 1.82) is 0 Å². The van der Waals surface area contributed by atoms with Gasteiger partial charge in [-0.15, -0.1) is 0 Å². The van der Waals surface area contributed by atoms with Gasteiger partial charge >= 0.3 is 5.97 Å². The van der Waals surface area contributed by atoms with E-state index in [0.717, 1.165) is 50.9 Å². The molecule has 0 saturated heterocycles. The van der Waals surface area contributed by atoms with E-state index in [-0.39, 0.29) is 11.9 Å². The average molecular weight is 347 g/mol. The number of ether oxygens (including phenoxy) is 1. The number of esters is 1. The van der Waals surface area contributed by atoms with Gasteiger partial charge in [-0.3, -0.25) is 4.79 Å². The van der Waals surface area contributed by atoms with Gasteiger partial charge in [0, 0.05) is 6.54 Å². The normalized spacial score (nSPS) is 18.1. The monoisotopic (exact) mass is 347 g/mol. The van der Waals surface area contributed by atoms with Gasteiger partial charge in [0.15, 0.2) is 0 Å². The number of benzene rings is 1. The molecule has 2 atom stereocenters. The van der Waals surface area contributed by atoms with Crippen LogP contribution in [0.2, 0.25) is 0 Å². The molecule has 0 aliphatic heterocycles. The molecule has 140 valence electrons. The molecule has 1 aliphatic rings. The fraction of sp³-hybridized carbons (Fsp3) is 0.667. The zero-order valence-corrected chi connectivity index (χ0v) is 15.7. The molecule has 1 saturated carbocycles. The summed E-state index contributed by atoms with van der Waals surface area (Å²) in [4.78, 5) is 15.0. The van der Waals surface area contributed by atoms with E-state index in [1.165, 1.54) is 6.42 Å². The lowest BCUT2D eigenvalue weighted by Crippen LogP contribution is -2.36. The molecule has 1 fully saturated rings. The highest BCUT2D eigenvalue weighted by atomic mass is 16.5. The Bertz CT molecular complexity index is 495. The van der Waals surface area contributed by atoms with E-state index in [9.17, 15) is 9.90 Å². The molecule has 0 radical (unpaired) electrons. The predicted molar refractivity (Wildman–Crippen MR) is 101 cm³/mol. The lowest BCUT2D eigenvalue weighted by Gasteiger charge is -2.31. The summed E-state index contributed by atoms with van der Waals surface area (Å²) in [5.74, 6) is -0.688. The summed E-state index contributed by atoms with van der Waals surface area (Å²) >= 11 is 0. The Morgan fingerprint density at radius 3 is 2.40 bits per heavy atom. The van der Waals surface area contributed by atoms with Gasteiger partial charge in [0.25, 0.3) is 0 Å². The molecule has 25 heavy (non-hydrogen) atoms. The van der Waals surface area contributed by atoms with Crippen molar-refractivity contribution in [3.05, 3.63) is 35.9 Å². The quantitative estimate of drug-likeness (QED) is 0.694. The van der Waals surface area contributed by atoms with E-state index < -0.39 is 12.0 Å². The van der Waals surface area contributed by atoms with Crippen LogP contribution < -0.4 is 0 Å². The molecule has 0 spiro atoms. The maximum atomic E-state index is 12.8. The Labute approximate surface area is 152 Å². The van der Waals surface area contributed by atoms with E-state index in [2.05, 4.69) is 18.7 Å². The number of carbonyl (C=O) groups is 1. The highest BCUT2D eigenvalue weighted by Gasteiger charge is 2.35. The van der Waals surface area contributed by atoms with Gasteiger partial charge in [-0.05, 0) is 37.4 Å². The molecule has 0 aromatic heterocycles. The minimum atomic E-state index is -0.663. The summed E-state index contributed by atoms with van der Waals surface area (Å²) in [6, 6.07) is 9.60. The number of carbonyl (C=O) groups excluding carboxylic acids is 1. The standard InChI is InChI=1S/C21H33NO3/c1-3-22(4-2)15-16-25-21(24)19(17-11-7-5-8-12-17)20(23)18-13-9-6-10-14-18/h5,7-8,11-12,18-20,23H,3-4,6,9-10,13-16H2,1-2H3/t19-,20+/m0/s1. The average Bonchev–Trinajstić information content (AvgIpc) is 2.67. The topological polar surface area (TPSA) is 49.8 Å². The van der Waals surface area contributed by atoms with Crippen molar-refractivity contribution in [2.75, 3.05) is 26.2 Å². The Balaban J connectivity index is 2.04. The highest BCUT2D eigenvalue weighted by Crippen LogP contribution is 2.34. The predicted octanol–water partition coefficient (Wildman–Crippen LogP) is 3.60. The zero-order valence-electron chi connectivity index (χ0n) is 15.7. The van der Waals surface area contributed by atoms with Crippen LogP contribution in [0, 0.1) is 5.92 Å². The number of likely N-dealkylation sites (N-methyl/N-ethyl adjacent to an activating group) is 1. The highest BCUT2D eigenvalue weighted by molar-refractivity contribution is 5.79. The second kappa shape index (κ2) is 10.6. The third kappa shape index (κ3) is 5.82. The summed E-state index contributed by atoms with van der Waals surface area (Å²) in [5, 5.41) is 10.9. The minimum Gasteiger partial charge on any atom is -0.464 e. The van der Waals surface area contributed by atoms with E-state index in [1.54, 1.807) is 0 Å². The van der Waals surface area contributed by atoms with Gasteiger partial charge in [0.2, 0.25) is 0 Å². The van der Waals surface area contributed by atoms with Crippen molar-refractivity contribution in [1.82, 2.24) is 4.90 Å². The largest absolute Gasteiger partial charge is 0.464 e. The Morgan fingerprint density at radius 2 is 1.80 bits per heavy atom. The molecule has 2 rings (SSSR count). The molecule has 4 heteroatoms. The third-order valence-electron chi connectivity index (χ3n) is 5.43. The molecule has 0 amide bonds. The summed E-state index contributed by atoms with van der Waals surface area (Å²) < 4.78 is 5.56. The van der Waals surface area contributed by atoms with E-state index in [4.69, 9.17) is 4.74 Å². The van der Waals surface area contributed by atoms with E-state index in [1.807, 2.05) is 30.3 Å². The first-order chi connectivity index (χ1) is 12.2. The van der Waals surface area contributed by atoms with Crippen LogP contribution in [0.15, 0.2) is 30.3 Å². The zero-order chi connectivity index (χ0) is 18.1. The first-order valence-corrected chi connectivity index (χ1v) is 9.79. The van der Waals surface area contributed by atoms with Crippen LogP contribution in [-0.4, -0.2) is 48.3 Å². The van der Waals surface area contributed by atoms with Crippen molar-refractivity contribution in [3.63, 3.8) is 0 Å². The van der Waals surface area contributed by atoms with Gasteiger partial charge in [-0.25, -0.2) is 0 Å². The molecular weight excluding hydrogens is 314 g/mol. The van der Waals surface area contributed by atoms with Gasteiger partial charge in [-0.2, -0.15) is 0 Å². The number of aliphatic hydroxyl groups excluding tert-OH is 1. The summed E-state index contributed by atoms with van der Waals surface area (Å²) in [6.07, 6.45) is 4.84. The maximum Gasteiger partial charge on any atom is 0.316 e. The van der Waals surface area contributed by atoms with Crippen LogP contribution in [-0.2, 0) is 9.53 Å². The second-order valence-electron chi connectivity index (χ2n) is 6.97. The second-order valence-corrected chi connectivity index (χ2v) is 6.97. The van der Waals surface area contributed by atoms with E-state index in [0.29, 0.717) is 6.61 Å². The van der Waals surface area contributed by atoms with Gasteiger partial charge in [0.1, 0.15) is 12.5 Å². The maximum absolute atomic E-state index is 12.8. The molecule has 4 nitrogen and oxygen atoms in total. The molecule has 1 aromatic carbocycles. The van der Waals surface area contributed by atoms with Crippen molar-refractivity contribution in [3.8, 4) is 0 Å². The van der Waals surface area contributed by atoms with Crippen LogP contribution >= 0.6 is 0 Å². The molecule has 1 aliphatic carbocycles. The molecule has 0 bridgehead atoms. The third-order valence-corrected chi connectivity index (χ3v) is 5.43. The Kier molecular flexibility index (Phi) is 8.42. The van der Waals surface area contributed by atoms with Gasteiger partial charge in [0.05, 0.1) is 6.10 Å². The van der Waals surface area contributed by atoms with Crippen LogP contribution in [0.5, 0.6) is 0 Å². The SMILES string of the molecule is CCN(CC)CCOC(=O)[C@@H](c1ccccc1)[C@H](O)C1CCCCC1. The van der Waals surface area contributed by atoms with Crippen LogP contribution in [0.3, 0.4) is 0 Å². The molecule has 0 heterocycles. The van der Waals surface area contributed by atoms with Gasteiger partial charge in [-0.1, -0.05) is 63.4 Å². The van der Waals surface area contributed by atoms with Crippen LogP contribution in [0.4, 0.5) is 0 Å². The molecule has 0 unspecified atom stereocenters. The lowest BCUT2D eigenvalue weighted by atomic mass is 9.78. The Morgan fingerprint density at radius 1 is 1.16 bits per heavy atom. The first kappa shape index (κ1) is 19.9. The summed E-state index contributed by atoms with van der Waals surface area (Å²) in [7, 11) is 0. The number of rotatable bonds is 9. The smallest absolute Gasteiger partial charge is 0.316 e. The number of nitrogens with zero attached hydrogens (tertiary/aromatic N) is 1. The van der Waals surface area contributed by atoms with Crippen LogP contribution in [0.1, 0.15) is 57.4 Å². The Hall–Kier alpha value is -1.39. The van der Waals surface area contributed by atoms with Crippen molar-refractivity contribution in [2.45, 2.75) is 58.0 Å². The van der Waals surface area contributed by atoms with Crippen molar-refractivity contribution >= 4 is 5.97 Å². The number of hydrogen-bond acceptors (Lipinski definition) is 4. The summed E-state index contributed by atoms with van der Waals surface area (Å²) in [6.45, 7) is 7.21. The fourth-order valence-corrected chi connectivity index (χ4v) is 3.79. The lowest BCUT2D eigenvalue weighted by molar-refractivity contribution is -0.150. The van der Waals surface area contributed by atoms with Crippen molar-refractivity contribution in [2.24, 2.45) is 5.92 Å². The molecular formula is C21H33NO3. The van der Waals surface area contributed by atoms with Crippen molar-refractivity contribution < 1.29 is 14.6 Å². The number of hydrogen-bond donors (Lipinski definition) is 1. The van der Waals surface area contributed by atoms with E-state index >= 15 is 0 Å². The minimum absolute atomic E-state index is 0.189. The molecule has 1 N–H and O–H groups in total. The first-order valence-electron chi connectivity index (χ1n) is 9.79. The van der Waals surface area contributed by atoms with Gasteiger partial charge < -0.3 is 14.7 Å².